The van der Waals surface area contributed by atoms with Gasteiger partial charge in [-0.1, -0.05) is 0 Å². The lowest BCUT2D eigenvalue weighted by Crippen LogP contribution is -2.33. The van der Waals surface area contributed by atoms with Gasteiger partial charge in [0.1, 0.15) is 6.10 Å². The maximum atomic E-state index is 12.2. The monoisotopic (exact) mass is 331 g/mol. The number of nitrogens with zero attached hydrogens (tertiary/aromatic N) is 1. The molecule has 6 heteroatoms. The van der Waals surface area contributed by atoms with Gasteiger partial charge in [0.25, 0.3) is 0 Å². The molecule has 2 saturated heterocycles. The van der Waals surface area contributed by atoms with Crippen molar-refractivity contribution in [2.24, 2.45) is 0 Å². The molecule has 24 heavy (non-hydrogen) atoms. The zero-order valence-electron chi connectivity index (χ0n) is 14.5. The summed E-state index contributed by atoms with van der Waals surface area (Å²) in [5.74, 6) is 0.433. The first-order valence-corrected chi connectivity index (χ1v) is 8.50. The molecule has 1 aromatic carbocycles. The van der Waals surface area contributed by atoms with Crippen LogP contribution in [0.2, 0.25) is 0 Å². The first kappa shape index (κ1) is 16.8. The summed E-state index contributed by atoms with van der Waals surface area (Å²) in [6.45, 7) is 8.57. The molecule has 0 aromatic heterocycles. The van der Waals surface area contributed by atoms with Crippen LogP contribution in [0.25, 0.3) is 0 Å². The molecule has 0 bridgehead atoms. The van der Waals surface area contributed by atoms with Gasteiger partial charge in [0, 0.05) is 19.2 Å². The summed E-state index contributed by atoms with van der Waals surface area (Å²) < 4.78 is 5.35. The molecule has 3 rings (SSSR count). The zero-order chi connectivity index (χ0) is 17.3. The number of ether oxygens (including phenoxy) is 1. The summed E-state index contributed by atoms with van der Waals surface area (Å²) in [5.41, 5.74) is 4.70. The highest BCUT2D eigenvalue weighted by atomic mass is 16.6. The number of hydrogen-bond acceptors (Lipinski definition) is 4. The van der Waals surface area contributed by atoms with Crippen LogP contribution in [0.3, 0.4) is 0 Å². The Bertz CT molecular complexity index is 630. The van der Waals surface area contributed by atoms with E-state index in [1.165, 1.54) is 23.6 Å². The summed E-state index contributed by atoms with van der Waals surface area (Å²) in [5, 5.41) is 6.11. The van der Waals surface area contributed by atoms with E-state index in [2.05, 4.69) is 36.6 Å². The molecule has 0 aliphatic carbocycles. The van der Waals surface area contributed by atoms with Crippen LogP contribution in [0, 0.1) is 13.8 Å². The Hall–Kier alpha value is -2.08. The van der Waals surface area contributed by atoms with E-state index >= 15 is 0 Å². The van der Waals surface area contributed by atoms with Gasteiger partial charge in [-0.25, -0.2) is 4.79 Å². The Morgan fingerprint density at radius 3 is 2.67 bits per heavy atom. The zero-order valence-corrected chi connectivity index (χ0v) is 14.5. The Labute approximate surface area is 142 Å². The quantitative estimate of drug-likeness (QED) is 0.883. The number of amides is 2. The third kappa shape index (κ3) is 3.38. The van der Waals surface area contributed by atoms with Crippen molar-refractivity contribution in [2.45, 2.75) is 39.2 Å². The molecule has 2 aliphatic heterocycles. The van der Waals surface area contributed by atoms with E-state index in [-0.39, 0.29) is 18.1 Å². The lowest BCUT2D eigenvalue weighted by molar-refractivity contribution is -0.119. The summed E-state index contributed by atoms with van der Waals surface area (Å²) in [4.78, 5) is 24.8. The molecule has 2 aliphatic rings. The van der Waals surface area contributed by atoms with Crippen molar-refractivity contribution in [3.63, 3.8) is 0 Å². The molecule has 2 atom stereocenters. The Kier molecular flexibility index (Phi) is 4.76. The third-order valence-corrected chi connectivity index (χ3v) is 4.81. The van der Waals surface area contributed by atoms with Gasteiger partial charge in [0.2, 0.25) is 5.91 Å². The van der Waals surface area contributed by atoms with Gasteiger partial charge < -0.3 is 15.4 Å². The molecule has 1 unspecified atom stereocenters. The highest BCUT2D eigenvalue weighted by Gasteiger charge is 2.33. The van der Waals surface area contributed by atoms with Crippen LogP contribution in [-0.4, -0.2) is 44.3 Å². The molecule has 0 radical (unpaired) electrons. The first-order valence-electron chi connectivity index (χ1n) is 8.50. The van der Waals surface area contributed by atoms with Gasteiger partial charge in [-0.3, -0.25) is 9.69 Å². The van der Waals surface area contributed by atoms with Gasteiger partial charge in [-0.15, -0.1) is 0 Å². The average Bonchev–Trinajstić information content (AvgIpc) is 3.14. The number of cyclic esters (lactones) is 1. The lowest BCUT2D eigenvalue weighted by Gasteiger charge is -2.20. The minimum absolute atomic E-state index is 0.120. The second-order valence-corrected chi connectivity index (χ2v) is 6.74. The SMILES string of the molecule is CC(=O)NC[C@H]1CN(c2cc(C)c(C3CCNC3)c(C)c2)C(=O)O1. The third-order valence-electron chi connectivity index (χ3n) is 4.81. The number of benzene rings is 1. The number of aryl methyl sites for hydroxylation is 2. The number of carbonyl (C=O) groups is 2. The molecule has 0 spiro atoms. The van der Waals surface area contributed by atoms with Crippen molar-refractivity contribution in [1.29, 1.82) is 0 Å². The van der Waals surface area contributed by atoms with Crippen molar-refractivity contribution >= 4 is 17.7 Å². The minimum Gasteiger partial charge on any atom is -0.442 e. The summed E-state index contributed by atoms with van der Waals surface area (Å²) in [6, 6.07) is 4.14. The first-order chi connectivity index (χ1) is 11.5. The van der Waals surface area contributed by atoms with Crippen molar-refractivity contribution in [2.75, 3.05) is 31.1 Å². The average molecular weight is 331 g/mol. The molecular formula is C18H25N3O3. The molecule has 1 aromatic rings. The summed E-state index contributed by atoms with van der Waals surface area (Å²) >= 11 is 0. The van der Waals surface area contributed by atoms with E-state index < -0.39 is 0 Å². The fraction of sp³-hybridized carbons (Fsp3) is 0.556. The lowest BCUT2D eigenvalue weighted by atomic mass is 9.89. The number of carbonyl (C=O) groups excluding carboxylic acids is 2. The number of hydrogen-bond donors (Lipinski definition) is 2. The predicted octanol–water partition coefficient (Wildman–Crippen LogP) is 1.84. The van der Waals surface area contributed by atoms with Gasteiger partial charge in [-0.05, 0) is 61.6 Å². The number of rotatable bonds is 4. The van der Waals surface area contributed by atoms with Crippen molar-refractivity contribution in [3.8, 4) is 0 Å². The summed E-state index contributed by atoms with van der Waals surface area (Å²) in [6.07, 6.45) is 0.506. The highest BCUT2D eigenvalue weighted by Crippen LogP contribution is 2.33. The molecular weight excluding hydrogens is 306 g/mol. The van der Waals surface area contributed by atoms with Crippen molar-refractivity contribution in [3.05, 3.63) is 28.8 Å². The van der Waals surface area contributed by atoms with Crippen molar-refractivity contribution in [1.82, 2.24) is 10.6 Å². The number of nitrogens with one attached hydrogen (secondary N) is 2. The largest absolute Gasteiger partial charge is 0.442 e. The predicted molar refractivity (Wildman–Crippen MR) is 92.4 cm³/mol. The van der Waals surface area contributed by atoms with Crippen LogP contribution < -0.4 is 15.5 Å². The van der Waals surface area contributed by atoms with Crippen molar-refractivity contribution < 1.29 is 14.3 Å². The van der Waals surface area contributed by atoms with Gasteiger partial charge >= 0.3 is 6.09 Å². The maximum absolute atomic E-state index is 12.2. The Morgan fingerprint density at radius 2 is 2.08 bits per heavy atom. The molecule has 0 saturated carbocycles. The van der Waals surface area contributed by atoms with E-state index in [4.69, 9.17) is 4.74 Å². The van der Waals surface area contributed by atoms with Crippen LogP contribution >= 0.6 is 0 Å². The normalized spacial score (nSPS) is 23.5. The summed E-state index contributed by atoms with van der Waals surface area (Å²) in [7, 11) is 0. The van der Waals surface area contributed by atoms with E-state index in [0.29, 0.717) is 19.0 Å². The van der Waals surface area contributed by atoms with E-state index in [0.717, 1.165) is 25.2 Å². The standard InChI is InChI=1S/C18H25N3O3/c1-11-6-15(7-12(2)17(11)14-4-5-19-8-14)21-10-16(24-18(21)23)9-20-13(3)22/h6-7,14,16,19H,4-5,8-10H2,1-3H3,(H,20,22)/t14?,16-/m0/s1. The number of anilines is 1. The maximum Gasteiger partial charge on any atom is 0.414 e. The smallest absolute Gasteiger partial charge is 0.414 e. The van der Waals surface area contributed by atoms with Crippen LogP contribution in [0.5, 0.6) is 0 Å². The van der Waals surface area contributed by atoms with Crippen LogP contribution in [-0.2, 0) is 9.53 Å². The second-order valence-electron chi connectivity index (χ2n) is 6.74. The molecule has 130 valence electrons. The van der Waals surface area contributed by atoms with Gasteiger partial charge in [0.15, 0.2) is 0 Å². The van der Waals surface area contributed by atoms with Gasteiger partial charge in [-0.2, -0.15) is 0 Å². The Balaban J connectivity index is 1.77. The van der Waals surface area contributed by atoms with Crippen LogP contribution in [0.4, 0.5) is 10.5 Å². The highest BCUT2D eigenvalue weighted by molar-refractivity contribution is 5.90. The van der Waals surface area contributed by atoms with E-state index in [1.54, 1.807) is 4.90 Å². The fourth-order valence-electron chi connectivity index (χ4n) is 3.75. The minimum atomic E-state index is -0.348. The van der Waals surface area contributed by atoms with Crippen LogP contribution in [0.15, 0.2) is 12.1 Å². The fourth-order valence-corrected chi connectivity index (χ4v) is 3.75. The van der Waals surface area contributed by atoms with E-state index in [9.17, 15) is 9.59 Å². The molecule has 2 fully saturated rings. The molecule has 2 N–H and O–H groups in total. The molecule has 2 heterocycles. The Morgan fingerprint density at radius 1 is 1.38 bits per heavy atom. The van der Waals surface area contributed by atoms with Gasteiger partial charge in [0.05, 0.1) is 13.1 Å². The second kappa shape index (κ2) is 6.81. The topological polar surface area (TPSA) is 70.7 Å². The molecule has 2 amide bonds. The van der Waals surface area contributed by atoms with E-state index in [1.807, 2.05) is 0 Å². The molecule has 6 nitrogen and oxygen atoms in total. The van der Waals surface area contributed by atoms with Crippen LogP contribution in [0.1, 0.15) is 36.0 Å².